The van der Waals surface area contributed by atoms with E-state index in [0.29, 0.717) is 38.0 Å². The maximum absolute atomic E-state index is 13.1. The largest absolute Gasteiger partial charge is 0.490 e. The maximum Gasteiger partial charge on any atom is 0.270 e. The van der Waals surface area contributed by atoms with Gasteiger partial charge in [0.1, 0.15) is 0 Å². The van der Waals surface area contributed by atoms with Gasteiger partial charge in [-0.3, -0.25) is 14.5 Å². The summed E-state index contributed by atoms with van der Waals surface area (Å²) in [7, 11) is 0. The topological polar surface area (TPSA) is 67.9 Å². The lowest BCUT2D eigenvalue weighted by molar-refractivity contribution is -0.118. The number of thioether (sulfide) groups is 1. The molecule has 0 atom stereocenters. The first-order valence-corrected chi connectivity index (χ1v) is 13.6. The van der Waals surface area contributed by atoms with Crippen molar-refractivity contribution in [1.82, 2.24) is 0 Å². The molecule has 0 saturated carbocycles. The molecule has 2 amide bonds. The number of carbonyl (C=O) groups is 2. The van der Waals surface area contributed by atoms with Crippen molar-refractivity contribution in [2.45, 2.75) is 27.7 Å². The molecule has 1 aliphatic rings. The van der Waals surface area contributed by atoms with Crippen molar-refractivity contribution < 1.29 is 19.1 Å². The second kappa shape index (κ2) is 12.0. The van der Waals surface area contributed by atoms with Crippen LogP contribution in [0.3, 0.4) is 0 Å². The molecule has 3 aromatic carbocycles. The third-order valence-electron chi connectivity index (χ3n) is 5.74. The molecular formula is C29H27ClN2O4S2. The van der Waals surface area contributed by atoms with Crippen LogP contribution in [-0.4, -0.2) is 29.3 Å². The van der Waals surface area contributed by atoms with Crippen molar-refractivity contribution in [3.63, 3.8) is 0 Å². The zero-order chi connectivity index (χ0) is 27.4. The Morgan fingerprint density at radius 3 is 2.37 bits per heavy atom. The Morgan fingerprint density at radius 2 is 1.71 bits per heavy atom. The van der Waals surface area contributed by atoms with E-state index < -0.39 is 0 Å². The smallest absolute Gasteiger partial charge is 0.270 e. The van der Waals surface area contributed by atoms with Gasteiger partial charge >= 0.3 is 0 Å². The number of nitrogens with zero attached hydrogens (tertiary/aromatic N) is 1. The Morgan fingerprint density at radius 1 is 1.03 bits per heavy atom. The second-order valence-electron chi connectivity index (χ2n) is 8.74. The van der Waals surface area contributed by atoms with Gasteiger partial charge in [-0.05, 0) is 86.9 Å². The summed E-state index contributed by atoms with van der Waals surface area (Å²) in [5, 5.41) is 3.52. The molecule has 1 N–H and O–H groups in total. The first-order chi connectivity index (χ1) is 18.2. The van der Waals surface area contributed by atoms with Crippen molar-refractivity contribution in [2.24, 2.45) is 0 Å². The molecule has 0 spiro atoms. The first-order valence-electron chi connectivity index (χ1n) is 12.0. The summed E-state index contributed by atoms with van der Waals surface area (Å²) in [5.41, 5.74) is 5.33. The molecule has 3 aromatic rings. The van der Waals surface area contributed by atoms with Crippen LogP contribution in [0, 0.1) is 20.8 Å². The Balaban J connectivity index is 1.48. The maximum atomic E-state index is 13.1. The highest BCUT2D eigenvalue weighted by Gasteiger charge is 2.33. The molecule has 1 saturated heterocycles. The minimum Gasteiger partial charge on any atom is -0.490 e. The van der Waals surface area contributed by atoms with Crippen LogP contribution in [0.25, 0.3) is 6.08 Å². The van der Waals surface area contributed by atoms with Crippen molar-refractivity contribution in [2.75, 3.05) is 23.4 Å². The summed E-state index contributed by atoms with van der Waals surface area (Å²) in [5.74, 6) is 0.437. The average Bonchev–Trinajstić information content (AvgIpc) is 3.14. The van der Waals surface area contributed by atoms with Crippen molar-refractivity contribution in [3.05, 3.63) is 86.8 Å². The van der Waals surface area contributed by atoms with E-state index in [1.54, 1.807) is 48.5 Å². The SMILES string of the molecule is CCOc1cc(/C=C2\SC(=S)N(c3ccc(Cl)cc3)C2=O)ccc1OCC(=O)Nc1c(C)cc(C)cc1C. The van der Waals surface area contributed by atoms with Crippen LogP contribution in [0.5, 0.6) is 11.5 Å². The van der Waals surface area contributed by atoms with Crippen LogP contribution in [0.2, 0.25) is 5.02 Å². The summed E-state index contributed by atoms with van der Waals surface area (Å²) in [4.78, 5) is 27.7. The van der Waals surface area contributed by atoms with E-state index in [2.05, 4.69) is 5.32 Å². The first kappa shape index (κ1) is 27.7. The Labute approximate surface area is 237 Å². The van der Waals surface area contributed by atoms with Gasteiger partial charge < -0.3 is 14.8 Å². The number of hydrogen-bond donors (Lipinski definition) is 1. The molecule has 1 fully saturated rings. The number of nitrogens with one attached hydrogen (secondary N) is 1. The number of aryl methyl sites for hydroxylation is 3. The molecule has 9 heteroatoms. The van der Waals surface area contributed by atoms with Crippen LogP contribution < -0.4 is 19.7 Å². The number of halogens is 1. The third kappa shape index (κ3) is 6.38. The number of amides is 2. The van der Waals surface area contributed by atoms with E-state index >= 15 is 0 Å². The fraction of sp³-hybridized carbons (Fsp3) is 0.207. The molecule has 196 valence electrons. The highest BCUT2D eigenvalue weighted by atomic mass is 35.5. The van der Waals surface area contributed by atoms with E-state index in [1.807, 2.05) is 39.8 Å². The molecule has 6 nitrogen and oxygen atoms in total. The van der Waals surface area contributed by atoms with E-state index in [9.17, 15) is 9.59 Å². The molecule has 1 heterocycles. The van der Waals surface area contributed by atoms with Gasteiger partial charge in [0.25, 0.3) is 11.8 Å². The fourth-order valence-electron chi connectivity index (χ4n) is 4.13. The Hall–Kier alpha value is -3.33. The van der Waals surface area contributed by atoms with Gasteiger partial charge in [-0.25, -0.2) is 0 Å². The van der Waals surface area contributed by atoms with Crippen LogP contribution in [0.4, 0.5) is 11.4 Å². The van der Waals surface area contributed by atoms with Crippen LogP contribution in [0.1, 0.15) is 29.2 Å². The molecule has 1 aliphatic heterocycles. The van der Waals surface area contributed by atoms with E-state index in [0.717, 1.165) is 27.9 Å². The lowest BCUT2D eigenvalue weighted by Crippen LogP contribution is -2.27. The second-order valence-corrected chi connectivity index (χ2v) is 10.9. The molecule has 0 bridgehead atoms. The third-order valence-corrected chi connectivity index (χ3v) is 7.30. The van der Waals surface area contributed by atoms with Gasteiger partial charge in [0, 0.05) is 10.7 Å². The highest BCUT2D eigenvalue weighted by Crippen LogP contribution is 2.37. The quantitative estimate of drug-likeness (QED) is 0.232. The molecular weight excluding hydrogens is 540 g/mol. The zero-order valence-electron chi connectivity index (χ0n) is 21.5. The monoisotopic (exact) mass is 566 g/mol. The molecule has 4 rings (SSSR count). The van der Waals surface area contributed by atoms with Crippen molar-refractivity contribution in [3.8, 4) is 11.5 Å². The normalized spacial score (nSPS) is 14.2. The van der Waals surface area contributed by atoms with Crippen molar-refractivity contribution >= 4 is 69.2 Å². The molecule has 0 aromatic heterocycles. The summed E-state index contributed by atoms with van der Waals surface area (Å²) in [6.45, 7) is 8.05. The number of carbonyl (C=O) groups excluding carboxylic acids is 2. The number of ether oxygens (including phenoxy) is 2. The van der Waals surface area contributed by atoms with Crippen LogP contribution in [0.15, 0.2) is 59.5 Å². The van der Waals surface area contributed by atoms with Crippen molar-refractivity contribution in [1.29, 1.82) is 0 Å². The Bertz CT molecular complexity index is 1410. The minimum absolute atomic E-state index is 0.175. The van der Waals surface area contributed by atoms with E-state index in [1.165, 1.54) is 16.7 Å². The molecule has 0 unspecified atom stereocenters. The summed E-state index contributed by atoms with van der Waals surface area (Å²) >= 11 is 12.7. The van der Waals surface area contributed by atoms with Crippen LogP contribution >= 0.6 is 35.6 Å². The van der Waals surface area contributed by atoms with E-state index in [-0.39, 0.29) is 18.4 Å². The number of anilines is 2. The molecule has 38 heavy (non-hydrogen) atoms. The van der Waals surface area contributed by atoms with Gasteiger partial charge in [-0.2, -0.15) is 0 Å². The average molecular weight is 567 g/mol. The van der Waals surface area contributed by atoms with Gasteiger partial charge in [0.15, 0.2) is 22.4 Å². The van der Waals surface area contributed by atoms with Crippen LogP contribution in [-0.2, 0) is 9.59 Å². The van der Waals surface area contributed by atoms with Gasteiger partial charge in [-0.1, -0.05) is 59.3 Å². The predicted octanol–water partition coefficient (Wildman–Crippen LogP) is 7.09. The predicted molar refractivity (Wildman–Crippen MR) is 159 cm³/mol. The fourth-order valence-corrected chi connectivity index (χ4v) is 5.55. The summed E-state index contributed by atoms with van der Waals surface area (Å²) < 4.78 is 12.0. The standard InChI is InChI=1S/C29H27ClN2O4S2/c1-5-35-24-14-20(15-25-28(34)32(29(37)38-25)22-9-7-21(30)8-10-22)6-11-23(24)36-16-26(33)31-27-18(3)12-17(2)13-19(27)4/h6-15H,5,16H2,1-4H3,(H,31,33)/b25-15-. The summed E-state index contributed by atoms with van der Waals surface area (Å²) in [6, 6.07) is 16.3. The lowest BCUT2D eigenvalue weighted by Gasteiger charge is -2.15. The Kier molecular flexibility index (Phi) is 8.76. The summed E-state index contributed by atoms with van der Waals surface area (Å²) in [6.07, 6.45) is 1.76. The zero-order valence-corrected chi connectivity index (χ0v) is 23.9. The lowest BCUT2D eigenvalue weighted by atomic mass is 10.1. The molecule has 0 aliphatic carbocycles. The molecule has 0 radical (unpaired) electrons. The number of benzene rings is 3. The van der Waals surface area contributed by atoms with Gasteiger partial charge in [0.2, 0.25) is 0 Å². The minimum atomic E-state index is -0.266. The van der Waals surface area contributed by atoms with E-state index in [4.69, 9.17) is 33.3 Å². The van der Waals surface area contributed by atoms with Gasteiger partial charge in [-0.15, -0.1) is 0 Å². The number of thiocarbonyl (C=S) groups is 1. The number of hydrogen-bond acceptors (Lipinski definition) is 6. The number of rotatable bonds is 8. The van der Waals surface area contributed by atoms with Gasteiger partial charge in [0.05, 0.1) is 17.2 Å². The highest BCUT2D eigenvalue weighted by molar-refractivity contribution is 8.27.